The molecule has 0 radical (unpaired) electrons. The molecule has 15 heteroatoms. The molecule has 278 valence electrons. The molecule has 1 aromatic heterocycles. The molecule has 2 heterocycles. The Morgan fingerprint density at radius 3 is 2.41 bits per heavy atom. The number of rotatable bonds is 11. The van der Waals surface area contributed by atoms with Crippen LogP contribution in [0.1, 0.15) is 75.3 Å². The summed E-state index contributed by atoms with van der Waals surface area (Å²) in [6, 6.07) is 4.60. The molecule has 51 heavy (non-hydrogen) atoms. The number of carbonyl (C=O) groups excluding carboxylic acids is 2. The van der Waals surface area contributed by atoms with Gasteiger partial charge >= 0.3 is 12.1 Å². The second kappa shape index (κ2) is 14.5. The second-order valence-corrected chi connectivity index (χ2v) is 16.5. The average molecular weight is 727 g/mol. The number of fused-ring (bicyclic) bond motifs is 2. The Labute approximate surface area is 299 Å². The van der Waals surface area contributed by atoms with E-state index < -0.39 is 51.3 Å². The lowest BCUT2D eigenvalue weighted by atomic mass is 9.94. The van der Waals surface area contributed by atoms with Gasteiger partial charge in [0.15, 0.2) is 0 Å². The van der Waals surface area contributed by atoms with Crippen LogP contribution in [0, 0.1) is 20.8 Å². The molecule has 0 bridgehead atoms. The molecular formula is C36H50N6O8S. The standard InChI is InChI=1S/C36H50N6O8S/c1-20-21(2)30(22(3)25-18-36(7,8)49-29(20)25)51(47,48)41(9)33(38)39-16-12-14-26(37)31(43)40-27(32(44)45)17-23-19-42(34(46)50-35(4,5)6)28-15-11-10-13-24(23)28/h10-11,13,15,19,26-27H,12,14,16-18,37H2,1-9H3,(H2,38,39)(H,40,43)(H,44,45)/t26-,27-/m0/s1. The molecule has 1 aliphatic heterocycles. The van der Waals surface area contributed by atoms with Crippen LogP contribution in [0.5, 0.6) is 5.75 Å². The number of hydrogen-bond donors (Lipinski definition) is 4. The van der Waals surface area contributed by atoms with E-state index in [1.165, 1.54) is 17.8 Å². The quantitative estimate of drug-likeness (QED) is 0.127. The van der Waals surface area contributed by atoms with E-state index in [1.807, 2.05) is 20.8 Å². The largest absolute Gasteiger partial charge is 0.487 e. The first-order valence-electron chi connectivity index (χ1n) is 16.8. The van der Waals surface area contributed by atoms with Crippen molar-refractivity contribution in [3.63, 3.8) is 0 Å². The monoisotopic (exact) mass is 726 g/mol. The number of nitrogens with two attached hydrogens (primary N) is 2. The van der Waals surface area contributed by atoms with Gasteiger partial charge in [-0.05, 0) is 96.6 Å². The van der Waals surface area contributed by atoms with Crippen LogP contribution in [0.4, 0.5) is 4.79 Å². The molecule has 0 unspecified atom stereocenters. The number of aliphatic imine (C=N–C) groups is 1. The van der Waals surface area contributed by atoms with E-state index in [9.17, 15) is 27.9 Å². The number of aliphatic carboxylic acids is 1. The molecule has 0 spiro atoms. The van der Waals surface area contributed by atoms with Gasteiger partial charge < -0.3 is 31.4 Å². The maximum absolute atomic E-state index is 13.8. The highest BCUT2D eigenvalue weighted by atomic mass is 32.2. The Kier molecular flexibility index (Phi) is 11.2. The fourth-order valence-corrected chi connectivity index (χ4v) is 7.83. The van der Waals surface area contributed by atoms with Crippen molar-refractivity contribution in [2.24, 2.45) is 16.5 Å². The molecule has 2 atom stereocenters. The number of nitrogens with zero attached hydrogens (tertiary/aromatic N) is 3. The van der Waals surface area contributed by atoms with Gasteiger partial charge in [-0.15, -0.1) is 0 Å². The zero-order valence-electron chi connectivity index (χ0n) is 30.8. The number of carboxylic acid groups (broad SMARTS) is 1. The van der Waals surface area contributed by atoms with Crippen LogP contribution in [0.3, 0.4) is 0 Å². The van der Waals surface area contributed by atoms with Gasteiger partial charge in [-0.2, -0.15) is 0 Å². The summed E-state index contributed by atoms with van der Waals surface area (Å²) < 4.78 is 41.5. The molecular weight excluding hydrogens is 676 g/mol. The van der Waals surface area contributed by atoms with Gasteiger partial charge in [0.25, 0.3) is 10.0 Å². The molecule has 0 fully saturated rings. The number of aromatic nitrogens is 1. The number of guanidine groups is 1. The predicted octanol–water partition coefficient (Wildman–Crippen LogP) is 3.92. The first kappa shape index (κ1) is 39.2. The Balaban J connectivity index is 1.39. The van der Waals surface area contributed by atoms with Gasteiger partial charge in [0.1, 0.15) is 23.0 Å². The smallest absolute Gasteiger partial charge is 0.419 e. The van der Waals surface area contributed by atoms with Crippen molar-refractivity contribution in [1.82, 2.24) is 14.2 Å². The van der Waals surface area contributed by atoms with E-state index in [4.69, 9.17) is 20.9 Å². The van der Waals surface area contributed by atoms with Gasteiger partial charge in [-0.1, -0.05) is 18.2 Å². The Bertz CT molecular complexity index is 1990. The molecule has 0 aliphatic carbocycles. The zero-order valence-corrected chi connectivity index (χ0v) is 31.6. The van der Waals surface area contributed by atoms with E-state index >= 15 is 0 Å². The van der Waals surface area contributed by atoms with Gasteiger partial charge in [-0.3, -0.25) is 14.4 Å². The van der Waals surface area contributed by atoms with Crippen molar-refractivity contribution in [3.8, 4) is 5.75 Å². The van der Waals surface area contributed by atoms with Crippen molar-refractivity contribution in [1.29, 1.82) is 0 Å². The summed E-state index contributed by atoms with van der Waals surface area (Å²) in [7, 11) is -2.73. The number of carboxylic acids is 1. The van der Waals surface area contributed by atoms with Crippen LogP contribution >= 0.6 is 0 Å². The van der Waals surface area contributed by atoms with Crippen LogP contribution in [-0.2, 0) is 37.2 Å². The number of hydrogen-bond acceptors (Lipinski definition) is 9. The highest BCUT2D eigenvalue weighted by Crippen LogP contribution is 2.44. The van der Waals surface area contributed by atoms with Crippen LogP contribution in [0.25, 0.3) is 10.9 Å². The van der Waals surface area contributed by atoms with E-state index in [2.05, 4.69) is 10.3 Å². The van der Waals surface area contributed by atoms with E-state index in [0.29, 0.717) is 34.0 Å². The molecule has 0 saturated carbocycles. The lowest BCUT2D eigenvalue weighted by Gasteiger charge is -2.23. The number of ether oxygens (including phenoxy) is 2. The highest BCUT2D eigenvalue weighted by molar-refractivity contribution is 7.89. The third kappa shape index (κ3) is 8.47. The average Bonchev–Trinajstić information content (AvgIpc) is 3.57. The van der Waals surface area contributed by atoms with Crippen LogP contribution in [0.15, 0.2) is 40.4 Å². The molecule has 1 amide bonds. The molecule has 6 N–H and O–H groups in total. The van der Waals surface area contributed by atoms with Gasteiger partial charge in [-0.25, -0.2) is 22.3 Å². The first-order valence-corrected chi connectivity index (χ1v) is 18.2. The maximum atomic E-state index is 13.8. The lowest BCUT2D eigenvalue weighted by Crippen LogP contribution is -2.49. The second-order valence-electron chi connectivity index (χ2n) is 14.6. The Hall–Kier alpha value is -4.63. The summed E-state index contributed by atoms with van der Waals surface area (Å²) in [6.45, 7) is 14.6. The van der Waals surface area contributed by atoms with E-state index in [-0.39, 0.29) is 36.7 Å². The number of para-hydroxylation sites is 1. The summed E-state index contributed by atoms with van der Waals surface area (Å²) in [5, 5.41) is 13.1. The third-order valence-electron chi connectivity index (χ3n) is 8.94. The van der Waals surface area contributed by atoms with Gasteiger partial charge in [0, 0.05) is 43.6 Å². The van der Waals surface area contributed by atoms with Crippen molar-refractivity contribution in [2.75, 3.05) is 13.6 Å². The topological polar surface area (TPSA) is 209 Å². The molecule has 2 aromatic carbocycles. The van der Waals surface area contributed by atoms with Crippen molar-refractivity contribution < 1.29 is 37.4 Å². The molecule has 14 nitrogen and oxygen atoms in total. The number of benzene rings is 2. The summed E-state index contributed by atoms with van der Waals surface area (Å²) in [5.41, 5.74) is 14.9. The van der Waals surface area contributed by atoms with Crippen LogP contribution in [-0.4, -0.2) is 83.2 Å². The molecule has 0 saturated heterocycles. The SMILES string of the molecule is Cc1c(C)c(S(=O)(=O)N(C)C(N)=NCCC[C@H](N)C(=O)N[C@@H](Cc2cn(C(=O)OC(C)(C)C)c3ccccc23)C(=O)O)c(C)c2c1OC(C)(C)C2. The number of amides is 1. The fraction of sp³-hybridized carbons (Fsp3) is 0.500. The van der Waals surface area contributed by atoms with Gasteiger partial charge in [0.05, 0.1) is 16.5 Å². The summed E-state index contributed by atoms with van der Waals surface area (Å²) in [5.74, 6) is -1.45. The van der Waals surface area contributed by atoms with Crippen molar-refractivity contribution in [2.45, 2.75) is 109 Å². The molecule has 1 aliphatic rings. The number of carbonyl (C=O) groups is 3. The fourth-order valence-electron chi connectivity index (χ4n) is 6.20. The lowest BCUT2D eigenvalue weighted by molar-refractivity contribution is -0.142. The van der Waals surface area contributed by atoms with E-state index in [0.717, 1.165) is 21.2 Å². The maximum Gasteiger partial charge on any atom is 0.419 e. The molecule has 4 rings (SSSR count). The highest BCUT2D eigenvalue weighted by Gasteiger charge is 2.38. The van der Waals surface area contributed by atoms with Crippen LogP contribution in [0.2, 0.25) is 0 Å². The first-order chi connectivity index (χ1) is 23.6. The minimum absolute atomic E-state index is 0.0718. The van der Waals surface area contributed by atoms with Gasteiger partial charge in [0.2, 0.25) is 11.9 Å². The molecule has 3 aromatic rings. The minimum atomic E-state index is -4.07. The van der Waals surface area contributed by atoms with Crippen LogP contribution < -0.4 is 21.5 Å². The summed E-state index contributed by atoms with van der Waals surface area (Å²) in [6.07, 6.45) is 1.76. The summed E-state index contributed by atoms with van der Waals surface area (Å²) >= 11 is 0. The number of sulfonamides is 1. The third-order valence-corrected chi connectivity index (χ3v) is 11.0. The van der Waals surface area contributed by atoms with Crippen molar-refractivity contribution in [3.05, 3.63) is 58.3 Å². The normalized spacial score (nSPS) is 15.5. The zero-order chi connectivity index (χ0) is 38.2. The predicted molar refractivity (Wildman–Crippen MR) is 195 cm³/mol. The Morgan fingerprint density at radius 1 is 1.14 bits per heavy atom. The minimum Gasteiger partial charge on any atom is -0.487 e. The number of nitrogens with one attached hydrogen (secondary N) is 1. The Morgan fingerprint density at radius 2 is 1.78 bits per heavy atom. The van der Waals surface area contributed by atoms with E-state index in [1.54, 1.807) is 58.9 Å². The summed E-state index contributed by atoms with van der Waals surface area (Å²) in [4.78, 5) is 42.5. The van der Waals surface area contributed by atoms with Crippen molar-refractivity contribution >= 4 is 44.9 Å².